The SMILES string of the molecule is CN(C)C(=O)[C@H]1CN(C(=O)c2cncc(Cl)c2)CCO1. The predicted molar refractivity (Wildman–Crippen MR) is 73.6 cm³/mol. The van der Waals surface area contributed by atoms with Gasteiger partial charge < -0.3 is 14.5 Å². The van der Waals surface area contributed by atoms with Crippen LogP contribution in [0.15, 0.2) is 18.5 Å². The van der Waals surface area contributed by atoms with E-state index in [0.29, 0.717) is 23.7 Å². The van der Waals surface area contributed by atoms with Crippen LogP contribution in [-0.2, 0) is 9.53 Å². The maximum absolute atomic E-state index is 12.3. The molecule has 7 heteroatoms. The lowest BCUT2D eigenvalue weighted by molar-refractivity contribution is -0.145. The van der Waals surface area contributed by atoms with Crippen molar-refractivity contribution in [1.82, 2.24) is 14.8 Å². The number of hydrogen-bond donors (Lipinski definition) is 0. The highest BCUT2D eigenvalue weighted by Gasteiger charge is 2.30. The van der Waals surface area contributed by atoms with Crippen LogP contribution < -0.4 is 0 Å². The van der Waals surface area contributed by atoms with Crippen LogP contribution in [0, 0.1) is 0 Å². The molecule has 108 valence electrons. The molecule has 0 aliphatic carbocycles. The first-order valence-corrected chi connectivity index (χ1v) is 6.59. The van der Waals surface area contributed by atoms with Crippen LogP contribution in [0.25, 0.3) is 0 Å². The summed E-state index contributed by atoms with van der Waals surface area (Å²) < 4.78 is 5.41. The number of aromatic nitrogens is 1. The Kier molecular flexibility index (Phi) is 4.57. The second-order valence-corrected chi connectivity index (χ2v) is 5.17. The van der Waals surface area contributed by atoms with Crippen LogP contribution in [0.1, 0.15) is 10.4 Å². The van der Waals surface area contributed by atoms with E-state index < -0.39 is 6.10 Å². The summed E-state index contributed by atoms with van der Waals surface area (Å²) >= 11 is 5.83. The highest BCUT2D eigenvalue weighted by molar-refractivity contribution is 6.30. The number of rotatable bonds is 2. The number of ether oxygens (including phenoxy) is 1. The van der Waals surface area contributed by atoms with E-state index in [1.807, 2.05) is 0 Å². The van der Waals surface area contributed by atoms with Crippen LogP contribution in [0.2, 0.25) is 5.02 Å². The molecule has 1 saturated heterocycles. The number of carbonyl (C=O) groups excluding carboxylic acids is 2. The second kappa shape index (κ2) is 6.19. The molecule has 0 N–H and O–H groups in total. The molecule has 1 aromatic heterocycles. The molecule has 1 aliphatic rings. The lowest BCUT2D eigenvalue weighted by atomic mass is 10.2. The van der Waals surface area contributed by atoms with Gasteiger partial charge in [-0.25, -0.2) is 0 Å². The van der Waals surface area contributed by atoms with Gasteiger partial charge in [0.2, 0.25) is 0 Å². The van der Waals surface area contributed by atoms with Gasteiger partial charge in [-0.15, -0.1) is 0 Å². The number of amides is 2. The second-order valence-electron chi connectivity index (χ2n) is 4.74. The Morgan fingerprint density at radius 3 is 2.85 bits per heavy atom. The van der Waals surface area contributed by atoms with Crippen LogP contribution in [0.5, 0.6) is 0 Å². The Labute approximate surface area is 122 Å². The normalized spacial score (nSPS) is 18.8. The highest BCUT2D eigenvalue weighted by atomic mass is 35.5. The topological polar surface area (TPSA) is 62.7 Å². The maximum atomic E-state index is 12.3. The van der Waals surface area contributed by atoms with E-state index >= 15 is 0 Å². The minimum Gasteiger partial charge on any atom is -0.365 e. The minimum absolute atomic E-state index is 0.147. The van der Waals surface area contributed by atoms with Gasteiger partial charge in [-0.05, 0) is 6.07 Å². The molecule has 1 fully saturated rings. The number of pyridine rings is 1. The lowest BCUT2D eigenvalue weighted by Crippen LogP contribution is -2.51. The fourth-order valence-corrected chi connectivity index (χ4v) is 2.16. The summed E-state index contributed by atoms with van der Waals surface area (Å²) in [5.74, 6) is -0.341. The Morgan fingerprint density at radius 2 is 2.20 bits per heavy atom. The number of hydrogen-bond acceptors (Lipinski definition) is 4. The fraction of sp³-hybridized carbons (Fsp3) is 0.462. The Hall–Kier alpha value is -1.66. The van der Waals surface area contributed by atoms with Crippen molar-refractivity contribution in [2.75, 3.05) is 33.8 Å². The van der Waals surface area contributed by atoms with E-state index in [4.69, 9.17) is 16.3 Å². The summed E-state index contributed by atoms with van der Waals surface area (Å²) in [6.45, 7) is 1.02. The third-order valence-corrected chi connectivity index (χ3v) is 3.23. The molecule has 0 unspecified atom stereocenters. The molecule has 2 heterocycles. The molecule has 1 aromatic rings. The van der Waals surface area contributed by atoms with E-state index in [1.54, 1.807) is 25.1 Å². The third-order valence-electron chi connectivity index (χ3n) is 3.02. The smallest absolute Gasteiger partial charge is 0.255 e. The molecule has 6 nitrogen and oxygen atoms in total. The van der Waals surface area contributed by atoms with Crippen LogP contribution in [0.3, 0.4) is 0 Å². The average Bonchev–Trinajstić information content (AvgIpc) is 2.45. The van der Waals surface area contributed by atoms with Gasteiger partial charge in [0.25, 0.3) is 11.8 Å². The molecular formula is C13H16ClN3O3. The lowest BCUT2D eigenvalue weighted by Gasteiger charge is -2.33. The quantitative estimate of drug-likeness (QED) is 0.805. The van der Waals surface area contributed by atoms with Gasteiger partial charge in [-0.3, -0.25) is 14.6 Å². The summed E-state index contributed by atoms with van der Waals surface area (Å²) in [5, 5.41) is 0.407. The molecule has 1 aliphatic heterocycles. The first kappa shape index (κ1) is 14.7. The van der Waals surface area contributed by atoms with Crippen molar-refractivity contribution < 1.29 is 14.3 Å². The van der Waals surface area contributed by atoms with E-state index in [1.165, 1.54) is 17.3 Å². The summed E-state index contributed by atoms with van der Waals surface area (Å²) in [6, 6.07) is 1.56. The zero-order valence-electron chi connectivity index (χ0n) is 11.4. The van der Waals surface area contributed by atoms with Crippen molar-refractivity contribution in [3.8, 4) is 0 Å². The van der Waals surface area contributed by atoms with Crippen LogP contribution in [0.4, 0.5) is 0 Å². The number of halogens is 1. The molecule has 0 saturated carbocycles. The molecule has 1 atom stereocenters. The summed E-state index contributed by atoms with van der Waals surface area (Å²) in [5.41, 5.74) is 0.412. The predicted octanol–water partition coefficient (Wildman–Crippen LogP) is 0.664. The Morgan fingerprint density at radius 1 is 1.45 bits per heavy atom. The van der Waals surface area contributed by atoms with Gasteiger partial charge in [0.05, 0.1) is 23.7 Å². The van der Waals surface area contributed by atoms with Gasteiger partial charge in [0.1, 0.15) is 0 Å². The molecule has 20 heavy (non-hydrogen) atoms. The molecular weight excluding hydrogens is 282 g/mol. The van der Waals surface area contributed by atoms with Gasteiger partial charge in [0.15, 0.2) is 6.10 Å². The molecule has 0 aromatic carbocycles. The van der Waals surface area contributed by atoms with Crippen molar-refractivity contribution in [3.05, 3.63) is 29.0 Å². The van der Waals surface area contributed by atoms with Crippen molar-refractivity contribution in [2.24, 2.45) is 0 Å². The van der Waals surface area contributed by atoms with Crippen molar-refractivity contribution >= 4 is 23.4 Å². The van der Waals surface area contributed by atoms with Crippen molar-refractivity contribution in [3.63, 3.8) is 0 Å². The monoisotopic (exact) mass is 297 g/mol. The maximum Gasteiger partial charge on any atom is 0.255 e. The standard InChI is InChI=1S/C13H16ClN3O3/c1-16(2)13(19)11-8-17(3-4-20-11)12(18)9-5-10(14)7-15-6-9/h5-7,11H,3-4,8H2,1-2H3/t11-/m1/s1. The van der Waals surface area contributed by atoms with E-state index in [-0.39, 0.29) is 18.4 Å². The van der Waals surface area contributed by atoms with Crippen LogP contribution >= 0.6 is 11.6 Å². The average molecular weight is 298 g/mol. The first-order valence-electron chi connectivity index (χ1n) is 6.21. The fourth-order valence-electron chi connectivity index (χ4n) is 1.98. The molecule has 2 amide bonds. The van der Waals surface area contributed by atoms with E-state index in [2.05, 4.69) is 4.98 Å². The van der Waals surface area contributed by atoms with E-state index in [9.17, 15) is 9.59 Å². The zero-order valence-corrected chi connectivity index (χ0v) is 12.1. The largest absolute Gasteiger partial charge is 0.365 e. The summed E-state index contributed by atoms with van der Waals surface area (Å²) in [7, 11) is 3.32. The van der Waals surface area contributed by atoms with Gasteiger partial charge in [0, 0.05) is 33.0 Å². The highest BCUT2D eigenvalue weighted by Crippen LogP contribution is 2.14. The van der Waals surface area contributed by atoms with E-state index in [0.717, 1.165) is 0 Å². The Bertz CT molecular complexity index is 521. The van der Waals surface area contributed by atoms with Gasteiger partial charge >= 0.3 is 0 Å². The molecule has 0 bridgehead atoms. The molecule has 2 rings (SSSR count). The number of nitrogens with zero attached hydrogens (tertiary/aromatic N) is 3. The van der Waals surface area contributed by atoms with Gasteiger partial charge in [-0.2, -0.15) is 0 Å². The van der Waals surface area contributed by atoms with Crippen molar-refractivity contribution in [1.29, 1.82) is 0 Å². The Balaban J connectivity index is 2.09. The minimum atomic E-state index is -0.616. The van der Waals surface area contributed by atoms with Gasteiger partial charge in [-0.1, -0.05) is 11.6 Å². The zero-order chi connectivity index (χ0) is 14.7. The third kappa shape index (κ3) is 3.26. The number of carbonyl (C=O) groups is 2. The van der Waals surface area contributed by atoms with Crippen LogP contribution in [-0.4, -0.2) is 66.5 Å². The van der Waals surface area contributed by atoms with Crippen molar-refractivity contribution in [2.45, 2.75) is 6.10 Å². The summed E-state index contributed by atoms with van der Waals surface area (Å²) in [6.07, 6.45) is 2.32. The molecule has 0 spiro atoms. The number of morpholine rings is 1. The number of likely N-dealkylation sites (N-methyl/N-ethyl adjacent to an activating group) is 1. The first-order chi connectivity index (χ1) is 9.49. The summed E-state index contributed by atoms with van der Waals surface area (Å²) in [4.78, 5) is 31.2. The molecule has 0 radical (unpaired) electrons.